The van der Waals surface area contributed by atoms with Gasteiger partial charge in [0.1, 0.15) is 0 Å². The van der Waals surface area contributed by atoms with Crippen LogP contribution in [0.25, 0.3) is 5.70 Å². The summed E-state index contributed by atoms with van der Waals surface area (Å²) >= 11 is 0. The standard InChI is InChI=1S/C19H30N4O2/c1-2-22(16-6-4-3-5-7-16)14-15-8-10-17(11-9-15)23-13-12-18(21-25)20-19(23)24/h10,12-13,15-16,25H,2-9,11,14H2,1H3,(H,20,21,24). The summed E-state index contributed by atoms with van der Waals surface area (Å²) in [7, 11) is 0. The minimum Gasteiger partial charge on any atom is -0.300 e. The van der Waals surface area contributed by atoms with Crippen LogP contribution >= 0.6 is 0 Å². The van der Waals surface area contributed by atoms with Crippen molar-refractivity contribution in [2.24, 2.45) is 5.92 Å². The van der Waals surface area contributed by atoms with Crippen molar-refractivity contribution in [1.29, 1.82) is 0 Å². The molecule has 0 radical (unpaired) electrons. The van der Waals surface area contributed by atoms with Crippen molar-refractivity contribution >= 4 is 11.5 Å². The van der Waals surface area contributed by atoms with Crippen molar-refractivity contribution in [3.63, 3.8) is 0 Å². The third kappa shape index (κ3) is 4.50. The lowest BCUT2D eigenvalue weighted by atomic mass is 9.89. The fourth-order valence-corrected chi connectivity index (χ4v) is 4.26. The van der Waals surface area contributed by atoms with E-state index in [1.54, 1.807) is 16.8 Å². The molecule has 1 unspecified atom stereocenters. The van der Waals surface area contributed by atoms with Gasteiger partial charge in [0, 0.05) is 24.5 Å². The third-order valence-corrected chi connectivity index (χ3v) is 5.71. The molecule has 3 rings (SSSR count). The summed E-state index contributed by atoms with van der Waals surface area (Å²) in [6, 6.07) is 2.38. The summed E-state index contributed by atoms with van der Waals surface area (Å²) in [5, 5.41) is 8.83. The molecule has 1 aromatic rings. The molecule has 1 heterocycles. The van der Waals surface area contributed by atoms with Crippen LogP contribution in [0.2, 0.25) is 0 Å². The molecule has 1 saturated carbocycles. The van der Waals surface area contributed by atoms with E-state index in [2.05, 4.69) is 22.9 Å². The van der Waals surface area contributed by atoms with Gasteiger partial charge < -0.3 is 4.90 Å². The number of rotatable bonds is 6. The Labute approximate surface area is 149 Å². The first-order valence-electron chi connectivity index (χ1n) is 9.64. The normalized spacial score (nSPS) is 22.0. The molecule has 1 aromatic heterocycles. The summed E-state index contributed by atoms with van der Waals surface area (Å²) in [6.45, 7) is 4.59. The highest BCUT2D eigenvalue weighted by molar-refractivity contribution is 5.47. The second kappa shape index (κ2) is 8.63. The molecule has 2 N–H and O–H groups in total. The van der Waals surface area contributed by atoms with E-state index in [4.69, 9.17) is 5.21 Å². The Hall–Kier alpha value is -1.66. The van der Waals surface area contributed by atoms with Crippen LogP contribution in [0.1, 0.15) is 58.3 Å². The van der Waals surface area contributed by atoms with Gasteiger partial charge in [0.05, 0.1) is 0 Å². The van der Waals surface area contributed by atoms with Gasteiger partial charge in [0.25, 0.3) is 0 Å². The molecule has 138 valence electrons. The van der Waals surface area contributed by atoms with Crippen LogP contribution < -0.4 is 11.2 Å². The average molecular weight is 346 g/mol. The fraction of sp³-hybridized carbons (Fsp3) is 0.684. The molecule has 1 atom stereocenters. The molecule has 1 fully saturated rings. The van der Waals surface area contributed by atoms with Crippen LogP contribution in [0, 0.1) is 5.92 Å². The van der Waals surface area contributed by atoms with Crippen molar-refractivity contribution < 1.29 is 5.21 Å². The number of hydrogen-bond donors (Lipinski definition) is 2. The predicted molar refractivity (Wildman–Crippen MR) is 99.6 cm³/mol. The lowest BCUT2D eigenvalue weighted by molar-refractivity contribution is 0.137. The molecule has 0 saturated heterocycles. The first kappa shape index (κ1) is 18.1. The first-order chi connectivity index (χ1) is 12.2. The summed E-state index contributed by atoms with van der Waals surface area (Å²) in [5.74, 6) is 0.856. The minimum absolute atomic E-state index is 0.182. The first-order valence-corrected chi connectivity index (χ1v) is 9.64. The Kier molecular flexibility index (Phi) is 6.26. The van der Waals surface area contributed by atoms with Crippen molar-refractivity contribution in [2.75, 3.05) is 18.6 Å². The highest BCUT2D eigenvalue weighted by atomic mass is 16.5. The van der Waals surface area contributed by atoms with Gasteiger partial charge in [0.15, 0.2) is 5.82 Å². The molecule has 2 aliphatic carbocycles. The summed E-state index contributed by atoms with van der Waals surface area (Å²) in [4.78, 5) is 18.5. The van der Waals surface area contributed by atoms with Crippen LogP contribution in [-0.4, -0.2) is 38.8 Å². The van der Waals surface area contributed by atoms with Gasteiger partial charge in [-0.2, -0.15) is 4.98 Å². The van der Waals surface area contributed by atoms with Crippen LogP contribution in [0.5, 0.6) is 0 Å². The number of nitrogens with zero attached hydrogens (tertiary/aromatic N) is 3. The molecule has 0 aromatic carbocycles. The Balaban J connectivity index is 1.61. The van der Waals surface area contributed by atoms with E-state index < -0.39 is 0 Å². The molecular weight excluding hydrogens is 316 g/mol. The maximum absolute atomic E-state index is 12.1. The monoisotopic (exact) mass is 346 g/mol. The number of aromatic nitrogens is 2. The van der Waals surface area contributed by atoms with Gasteiger partial charge >= 0.3 is 5.69 Å². The summed E-state index contributed by atoms with van der Waals surface area (Å²) in [6.07, 6.45) is 13.8. The number of nitrogens with one attached hydrogen (secondary N) is 1. The van der Waals surface area contributed by atoms with Crippen LogP contribution in [0.3, 0.4) is 0 Å². The molecule has 0 spiro atoms. The highest BCUT2D eigenvalue weighted by Gasteiger charge is 2.24. The van der Waals surface area contributed by atoms with Gasteiger partial charge in [-0.05, 0) is 50.6 Å². The van der Waals surface area contributed by atoms with E-state index in [0.717, 1.165) is 37.5 Å². The second-order valence-corrected chi connectivity index (χ2v) is 7.29. The van der Waals surface area contributed by atoms with Gasteiger partial charge in [-0.3, -0.25) is 15.3 Å². The van der Waals surface area contributed by atoms with Gasteiger partial charge in [-0.1, -0.05) is 32.3 Å². The smallest absolute Gasteiger partial charge is 0.300 e. The van der Waals surface area contributed by atoms with Crippen molar-refractivity contribution in [2.45, 2.75) is 64.3 Å². The van der Waals surface area contributed by atoms with Crippen LogP contribution in [-0.2, 0) is 0 Å². The van der Waals surface area contributed by atoms with E-state index in [-0.39, 0.29) is 11.5 Å². The summed E-state index contributed by atoms with van der Waals surface area (Å²) in [5.41, 5.74) is 2.60. The quantitative estimate of drug-likeness (QED) is 0.773. The molecule has 6 nitrogen and oxygen atoms in total. The Bertz CT molecular complexity index is 649. The zero-order valence-electron chi connectivity index (χ0n) is 15.2. The number of allylic oxidation sites excluding steroid dienone is 2. The number of hydrogen-bond acceptors (Lipinski definition) is 5. The van der Waals surface area contributed by atoms with Crippen molar-refractivity contribution in [3.8, 4) is 0 Å². The second-order valence-electron chi connectivity index (χ2n) is 7.29. The Morgan fingerprint density at radius 1 is 1.32 bits per heavy atom. The molecule has 6 heteroatoms. The van der Waals surface area contributed by atoms with Gasteiger partial charge in [-0.15, -0.1) is 0 Å². The average Bonchev–Trinajstić information content (AvgIpc) is 2.67. The van der Waals surface area contributed by atoms with E-state index in [9.17, 15) is 4.79 Å². The topological polar surface area (TPSA) is 70.4 Å². The van der Waals surface area contributed by atoms with E-state index >= 15 is 0 Å². The molecular formula is C19H30N4O2. The highest BCUT2D eigenvalue weighted by Crippen LogP contribution is 2.29. The third-order valence-electron chi connectivity index (χ3n) is 5.71. The zero-order valence-corrected chi connectivity index (χ0v) is 15.2. The van der Waals surface area contributed by atoms with Crippen LogP contribution in [0.4, 0.5) is 5.82 Å². The largest absolute Gasteiger partial charge is 0.353 e. The minimum atomic E-state index is -0.346. The van der Waals surface area contributed by atoms with E-state index in [1.807, 2.05) is 5.48 Å². The van der Waals surface area contributed by atoms with Gasteiger partial charge in [0.2, 0.25) is 0 Å². The predicted octanol–water partition coefficient (Wildman–Crippen LogP) is 3.34. The lowest BCUT2D eigenvalue weighted by Gasteiger charge is -2.36. The van der Waals surface area contributed by atoms with Crippen molar-refractivity contribution in [3.05, 3.63) is 28.8 Å². The SMILES string of the molecule is CCN(CC1CC=C(n2ccc(NO)nc2=O)CC1)C1CCCCC1. The zero-order chi connectivity index (χ0) is 17.6. The Morgan fingerprint density at radius 3 is 2.72 bits per heavy atom. The Morgan fingerprint density at radius 2 is 2.12 bits per heavy atom. The number of anilines is 1. The van der Waals surface area contributed by atoms with E-state index in [0.29, 0.717) is 5.92 Å². The fourth-order valence-electron chi connectivity index (χ4n) is 4.26. The lowest BCUT2D eigenvalue weighted by Crippen LogP contribution is -2.40. The molecule has 0 amide bonds. The van der Waals surface area contributed by atoms with E-state index in [1.165, 1.54) is 38.6 Å². The molecule has 2 aliphatic rings. The molecule has 0 aliphatic heterocycles. The summed E-state index contributed by atoms with van der Waals surface area (Å²) < 4.78 is 1.59. The van der Waals surface area contributed by atoms with Gasteiger partial charge in [-0.25, -0.2) is 4.79 Å². The molecule has 25 heavy (non-hydrogen) atoms. The van der Waals surface area contributed by atoms with Crippen LogP contribution in [0.15, 0.2) is 23.1 Å². The molecule has 0 bridgehead atoms. The maximum atomic E-state index is 12.1. The maximum Gasteiger partial charge on any atom is 0.353 e. The van der Waals surface area contributed by atoms with Crippen molar-refractivity contribution in [1.82, 2.24) is 14.5 Å².